The first kappa shape index (κ1) is 15.9. The van der Waals surface area contributed by atoms with Crippen molar-refractivity contribution in [2.24, 2.45) is 11.7 Å². The molecule has 1 amide bonds. The minimum absolute atomic E-state index is 0. The van der Waals surface area contributed by atoms with E-state index in [2.05, 4.69) is 0 Å². The van der Waals surface area contributed by atoms with Gasteiger partial charge in [-0.05, 0) is 49.9 Å². The van der Waals surface area contributed by atoms with Crippen molar-refractivity contribution in [1.82, 2.24) is 4.90 Å². The van der Waals surface area contributed by atoms with Crippen LogP contribution in [-0.4, -0.2) is 29.9 Å². The first-order valence-electron chi connectivity index (χ1n) is 6.38. The van der Waals surface area contributed by atoms with Crippen LogP contribution < -0.4 is 5.73 Å². The number of hydrogen-bond acceptors (Lipinski definition) is 2. The van der Waals surface area contributed by atoms with Crippen molar-refractivity contribution in [1.29, 1.82) is 0 Å². The minimum Gasteiger partial charge on any atom is -0.338 e. The van der Waals surface area contributed by atoms with Crippen LogP contribution in [0, 0.1) is 11.7 Å². The fraction of sp³-hybridized carbons (Fsp3) is 0.500. The first-order valence-corrected chi connectivity index (χ1v) is 6.38. The van der Waals surface area contributed by atoms with E-state index in [0.717, 1.165) is 19.4 Å². The van der Waals surface area contributed by atoms with Crippen LogP contribution in [0.5, 0.6) is 0 Å². The van der Waals surface area contributed by atoms with Crippen molar-refractivity contribution in [3.63, 3.8) is 0 Å². The van der Waals surface area contributed by atoms with Crippen molar-refractivity contribution in [3.8, 4) is 0 Å². The number of carbonyl (C=O) groups excluding carboxylic acids is 1. The Balaban J connectivity index is 0.00000180. The van der Waals surface area contributed by atoms with E-state index < -0.39 is 0 Å². The van der Waals surface area contributed by atoms with E-state index in [1.54, 1.807) is 0 Å². The Hall–Kier alpha value is -1.13. The highest BCUT2D eigenvalue weighted by atomic mass is 35.5. The fourth-order valence-electron chi connectivity index (χ4n) is 2.40. The largest absolute Gasteiger partial charge is 0.338 e. The molecule has 0 aromatic heterocycles. The summed E-state index contributed by atoms with van der Waals surface area (Å²) in [5.74, 6) is 0.0159. The number of carbonyl (C=O) groups is 1. The van der Waals surface area contributed by atoms with Crippen molar-refractivity contribution in [2.75, 3.05) is 13.1 Å². The standard InChI is InChI=1S/C14H19FN2O.ClH/c1-10(16)12-3-2-8-17(9-12)14(18)11-4-6-13(15)7-5-11;/h4-7,10,12H,2-3,8-9,16H2,1H3;1H. The van der Waals surface area contributed by atoms with Crippen molar-refractivity contribution in [2.45, 2.75) is 25.8 Å². The van der Waals surface area contributed by atoms with Gasteiger partial charge in [0.2, 0.25) is 0 Å². The molecule has 2 unspecified atom stereocenters. The molecule has 3 nitrogen and oxygen atoms in total. The highest BCUT2D eigenvalue weighted by molar-refractivity contribution is 5.94. The summed E-state index contributed by atoms with van der Waals surface area (Å²) in [7, 11) is 0. The third-order valence-corrected chi connectivity index (χ3v) is 3.58. The van der Waals surface area contributed by atoms with Gasteiger partial charge < -0.3 is 10.6 Å². The topological polar surface area (TPSA) is 46.3 Å². The molecule has 19 heavy (non-hydrogen) atoms. The maximum atomic E-state index is 12.8. The molecule has 0 saturated carbocycles. The number of likely N-dealkylation sites (tertiary alicyclic amines) is 1. The zero-order valence-corrected chi connectivity index (χ0v) is 11.8. The van der Waals surface area contributed by atoms with Gasteiger partial charge in [-0.2, -0.15) is 0 Å². The van der Waals surface area contributed by atoms with Crippen LogP contribution >= 0.6 is 12.4 Å². The van der Waals surface area contributed by atoms with E-state index in [1.807, 2.05) is 11.8 Å². The van der Waals surface area contributed by atoms with Gasteiger partial charge in [0, 0.05) is 24.7 Å². The van der Waals surface area contributed by atoms with Crippen LogP contribution in [0.3, 0.4) is 0 Å². The molecule has 0 spiro atoms. The molecule has 0 aliphatic carbocycles. The van der Waals surface area contributed by atoms with Gasteiger partial charge in [-0.15, -0.1) is 12.4 Å². The number of amides is 1. The average molecular weight is 287 g/mol. The summed E-state index contributed by atoms with van der Waals surface area (Å²) in [4.78, 5) is 14.1. The fourth-order valence-corrected chi connectivity index (χ4v) is 2.40. The van der Waals surface area contributed by atoms with Gasteiger partial charge >= 0.3 is 0 Å². The van der Waals surface area contributed by atoms with Crippen LogP contribution in [0.4, 0.5) is 4.39 Å². The lowest BCUT2D eigenvalue weighted by Gasteiger charge is -2.34. The lowest BCUT2D eigenvalue weighted by molar-refractivity contribution is 0.0661. The summed E-state index contributed by atoms with van der Waals surface area (Å²) in [6.45, 7) is 3.45. The Morgan fingerprint density at radius 2 is 2.05 bits per heavy atom. The number of nitrogens with two attached hydrogens (primary N) is 1. The predicted molar refractivity (Wildman–Crippen MR) is 75.9 cm³/mol. The molecule has 1 aromatic carbocycles. The highest BCUT2D eigenvalue weighted by Crippen LogP contribution is 2.20. The summed E-state index contributed by atoms with van der Waals surface area (Å²) >= 11 is 0. The average Bonchev–Trinajstić information content (AvgIpc) is 2.39. The molecule has 0 bridgehead atoms. The number of benzene rings is 1. The normalized spacial score (nSPS) is 20.6. The zero-order valence-electron chi connectivity index (χ0n) is 11.0. The van der Waals surface area contributed by atoms with Gasteiger partial charge in [-0.1, -0.05) is 0 Å². The molecule has 1 fully saturated rings. The number of nitrogens with zero attached hydrogens (tertiary/aromatic N) is 1. The summed E-state index contributed by atoms with van der Waals surface area (Å²) in [6.07, 6.45) is 2.06. The third-order valence-electron chi connectivity index (χ3n) is 3.58. The van der Waals surface area contributed by atoms with E-state index in [0.29, 0.717) is 18.0 Å². The molecule has 0 radical (unpaired) electrons. The van der Waals surface area contributed by atoms with E-state index in [9.17, 15) is 9.18 Å². The maximum absolute atomic E-state index is 12.8. The second kappa shape index (κ2) is 6.87. The molecule has 106 valence electrons. The van der Waals surface area contributed by atoms with Crippen molar-refractivity contribution >= 4 is 18.3 Å². The first-order chi connectivity index (χ1) is 8.58. The quantitative estimate of drug-likeness (QED) is 0.908. The van der Waals surface area contributed by atoms with Gasteiger partial charge in [0.15, 0.2) is 0 Å². The highest BCUT2D eigenvalue weighted by Gasteiger charge is 2.26. The molecule has 2 atom stereocenters. The molecule has 5 heteroatoms. The lowest BCUT2D eigenvalue weighted by Crippen LogP contribution is -2.45. The molecule has 1 aromatic rings. The summed E-state index contributed by atoms with van der Waals surface area (Å²) in [5, 5.41) is 0. The molecular weight excluding hydrogens is 267 g/mol. The van der Waals surface area contributed by atoms with Crippen LogP contribution in [-0.2, 0) is 0 Å². The van der Waals surface area contributed by atoms with Crippen LogP contribution in [0.15, 0.2) is 24.3 Å². The van der Waals surface area contributed by atoms with Crippen LogP contribution in [0.1, 0.15) is 30.1 Å². The van der Waals surface area contributed by atoms with Crippen LogP contribution in [0.2, 0.25) is 0 Å². The SMILES string of the molecule is CC(N)C1CCCN(C(=O)c2ccc(F)cc2)C1.Cl. The smallest absolute Gasteiger partial charge is 0.253 e. The Morgan fingerprint density at radius 1 is 1.42 bits per heavy atom. The summed E-state index contributed by atoms with van der Waals surface area (Å²) < 4.78 is 12.8. The Morgan fingerprint density at radius 3 is 2.63 bits per heavy atom. The van der Waals surface area contributed by atoms with E-state index >= 15 is 0 Å². The Labute approximate surface area is 119 Å². The van der Waals surface area contributed by atoms with Gasteiger partial charge in [-0.3, -0.25) is 4.79 Å². The second-order valence-corrected chi connectivity index (χ2v) is 5.02. The zero-order chi connectivity index (χ0) is 13.1. The van der Waals surface area contributed by atoms with E-state index in [-0.39, 0.29) is 30.2 Å². The molecule has 1 saturated heterocycles. The van der Waals surface area contributed by atoms with E-state index in [4.69, 9.17) is 5.73 Å². The summed E-state index contributed by atoms with van der Waals surface area (Å²) in [5.41, 5.74) is 6.44. The lowest BCUT2D eigenvalue weighted by atomic mass is 9.92. The number of piperidine rings is 1. The Kier molecular flexibility index (Phi) is 5.76. The summed E-state index contributed by atoms with van der Waals surface area (Å²) in [6, 6.07) is 5.81. The van der Waals surface area contributed by atoms with Crippen molar-refractivity contribution in [3.05, 3.63) is 35.6 Å². The Bertz CT molecular complexity index is 422. The monoisotopic (exact) mass is 286 g/mol. The van der Waals surface area contributed by atoms with Crippen molar-refractivity contribution < 1.29 is 9.18 Å². The molecule has 2 N–H and O–H groups in total. The molecular formula is C14H20ClFN2O. The second-order valence-electron chi connectivity index (χ2n) is 5.02. The van der Waals surface area contributed by atoms with Gasteiger partial charge in [0.05, 0.1) is 0 Å². The minimum atomic E-state index is -0.321. The number of hydrogen-bond donors (Lipinski definition) is 1. The number of halogens is 2. The molecule has 1 heterocycles. The predicted octanol–water partition coefficient (Wildman–Crippen LogP) is 2.45. The molecule has 1 aliphatic rings. The number of rotatable bonds is 2. The van der Waals surface area contributed by atoms with Gasteiger partial charge in [0.1, 0.15) is 5.82 Å². The maximum Gasteiger partial charge on any atom is 0.253 e. The van der Waals surface area contributed by atoms with E-state index in [1.165, 1.54) is 24.3 Å². The van der Waals surface area contributed by atoms with Gasteiger partial charge in [0.25, 0.3) is 5.91 Å². The van der Waals surface area contributed by atoms with Crippen LogP contribution in [0.25, 0.3) is 0 Å². The molecule has 2 rings (SSSR count). The molecule has 1 aliphatic heterocycles. The third kappa shape index (κ3) is 3.91. The van der Waals surface area contributed by atoms with Gasteiger partial charge in [-0.25, -0.2) is 4.39 Å².